The maximum absolute atomic E-state index is 12.7. The Morgan fingerprint density at radius 3 is 2.71 bits per heavy atom. The normalized spacial score (nSPS) is 22.0. The smallest absolute Gasteiger partial charge is 0.228 e. The molecule has 1 amide bonds. The Hall–Kier alpha value is -1.39. The van der Waals surface area contributed by atoms with Crippen molar-refractivity contribution in [2.45, 2.75) is 39.3 Å². The van der Waals surface area contributed by atoms with Crippen LogP contribution in [0.1, 0.15) is 30.9 Å². The van der Waals surface area contributed by atoms with E-state index >= 15 is 0 Å². The van der Waals surface area contributed by atoms with Crippen LogP contribution in [-0.2, 0) is 16.1 Å². The maximum atomic E-state index is 12.7. The van der Waals surface area contributed by atoms with Gasteiger partial charge < -0.3 is 14.7 Å². The number of aliphatic hydroxyl groups excluding tert-OH is 1. The third-order valence-corrected chi connectivity index (χ3v) is 4.10. The second kappa shape index (κ2) is 7.57. The van der Waals surface area contributed by atoms with Crippen LogP contribution in [0.5, 0.6) is 0 Å². The van der Waals surface area contributed by atoms with Gasteiger partial charge in [0.1, 0.15) is 0 Å². The predicted molar refractivity (Wildman–Crippen MR) is 81.8 cm³/mol. The summed E-state index contributed by atoms with van der Waals surface area (Å²) in [6, 6.07) is 8.16. The van der Waals surface area contributed by atoms with Crippen LogP contribution in [0.3, 0.4) is 0 Å². The van der Waals surface area contributed by atoms with Gasteiger partial charge >= 0.3 is 0 Å². The first-order valence-corrected chi connectivity index (χ1v) is 7.68. The van der Waals surface area contributed by atoms with E-state index in [0.29, 0.717) is 13.1 Å². The molecule has 2 atom stereocenters. The monoisotopic (exact) mass is 291 g/mol. The van der Waals surface area contributed by atoms with Crippen LogP contribution in [0.2, 0.25) is 0 Å². The summed E-state index contributed by atoms with van der Waals surface area (Å²) in [4.78, 5) is 14.5. The van der Waals surface area contributed by atoms with Crippen LogP contribution >= 0.6 is 0 Å². The molecule has 4 nitrogen and oxygen atoms in total. The van der Waals surface area contributed by atoms with E-state index in [1.54, 1.807) is 4.90 Å². The molecule has 0 saturated carbocycles. The van der Waals surface area contributed by atoms with Crippen molar-refractivity contribution in [1.82, 2.24) is 4.90 Å². The molecule has 0 bridgehead atoms. The molecule has 21 heavy (non-hydrogen) atoms. The van der Waals surface area contributed by atoms with E-state index in [1.165, 1.54) is 5.56 Å². The zero-order chi connectivity index (χ0) is 15.2. The molecule has 1 aliphatic heterocycles. The van der Waals surface area contributed by atoms with Gasteiger partial charge in [-0.25, -0.2) is 0 Å². The minimum atomic E-state index is -0.0873. The van der Waals surface area contributed by atoms with Crippen molar-refractivity contribution < 1.29 is 14.6 Å². The average molecular weight is 291 g/mol. The number of hydrogen-bond donors (Lipinski definition) is 1. The largest absolute Gasteiger partial charge is 0.395 e. The minimum Gasteiger partial charge on any atom is -0.395 e. The van der Waals surface area contributed by atoms with Crippen LogP contribution in [-0.4, -0.2) is 41.8 Å². The Morgan fingerprint density at radius 1 is 1.38 bits per heavy atom. The van der Waals surface area contributed by atoms with E-state index in [0.717, 1.165) is 25.0 Å². The summed E-state index contributed by atoms with van der Waals surface area (Å²) < 4.78 is 5.60. The molecule has 1 heterocycles. The standard InChI is InChI=1S/C17H25NO3/c1-13-5-7-15(8-6-13)12-18(9-10-19)17(20)16-4-3-11-21-14(16)2/h5-8,14,16,19H,3-4,9-12H2,1-2H3. The number of ether oxygens (including phenoxy) is 1. The minimum absolute atomic E-state index is 0.0143. The molecule has 116 valence electrons. The molecular weight excluding hydrogens is 266 g/mol. The highest BCUT2D eigenvalue weighted by Gasteiger charge is 2.31. The lowest BCUT2D eigenvalue weighted by Gasteiger charge is -2.33. The molecule has 1 N–H and O–H groups in total. The summed E-state index contributed by atoms with van der Waals surface area (Å²) >= 11 is 0. The molecule has 1 fully saturated rings. The van der Waals surface area contributed by atoms with Gasteiger partial charge in [0.05, 0.1) is 18.6 Å². The van der Waals surface area contributed by atoms with Crippen LogP contribution in [0.4, 0.5) is 0 Å². The molecule has 0 aromatic heterocycles. The lowest BCUT2D eigenvalue weighted by Crippen LogP contribution is -2.43. The number of rotatable bonds is 5. The van der Waals surface area contributed by atoms with Gasteiger partial charge in [0, 0.05) is 19.7 Å². The molecular formula is C17H25NO3. The summed E-state index contributed by atoms with van der Waals surface area (Å²) in [5.74, 6) is 0.00701. The number of carbonyl (C=O) groups excluding carboxylic acids is 1. The van der Waals surface area contributed by atoms with E-state index in [-0.39, 0.29) is 24.5 Å². The van der Waals surface area contributed by atoms with Crippen molar-refractivity contribution in [2.75, 3.05) is 19.8 Å². The summed E-state index contributed by atoms with van der Waals surface area (Å²) in [5.41, 5.74) is 2.29. The lowest BCUT2D eigenvalue weighted by atomic mass is 9.93. The molecule has 0 spiro atoms. The number of nitrogens with zero attached hydrogens (tertiary/aromatic N) is 1. The molecule has 0 aliphatic carbocycles. The molecule has 1 aromatic carbocycles. The van der Waals surface area contributed by atoms with Crippen molar-refractivity contribution in [1.29, 1.82) is 0 Å². The molecule has 4 heteroatoms. The van der Waals surface area contributed by atoms with Crippen molar-refractivity contribution in [3.05, 3.63) is 35.4 Å². The number of aliphatic hydroxyl groups is 1. The van der Waals surface area contributed by atoms with Crippen LogP contribution in [0.25, 0.3) is 0 Å². The maximum Gasteiger partial charge on any atom is 0.228 e. The fraction of sp³-hybridized carbons (Fsp3) is 0.588. The molecule has 2 unspecified atom stereocenters. The zero-order valence-electron chi connectivity index (χ0n) is 12.9. The van der Waals surface area contributed by atoms with Gasteiger partial charge in [-0.1, -0.05) is 29.8 Å². The van der Waals surface area contributed by atoms with Gasteiger partial charge in [0.25, 0.3) is 0 Å². The van der Waals surface area contributed by atoms with Crippen LogP contribution < -0.4 is 0 Å². The third-order valence-electron chi connectivity index (χ3n) is 4.10. The van der Waals surface area contributed by atoms with Gasteiger partial charge in [-0.15, -0.1) is 0 Å². The SMILES string of the molecule is Cc1ccc(CN(CCO)C(=O)C2CCCOC2C)cc1. The number of aryl methyl sites for hydroxylation is 1. The molecule has 0 radical (unpaired) electrons. The Balaban J connectivity index is 2.06. The van der Waals surface area contributed by atoms with E-state index in [4.69, 9.17) is 4.74 Å². The Kier molecular flexibility index (Phi) is 5.76. The molecule has 1 saturated heterocycles. The fourth-order valence-corrected chi connectivity index (χ4v) is 2.78. The Morgan fingerprint density at radius 2 is 2.10 bits per heavy atom. The number of benzene rings is 1. The van der Waals surface area contributed by atoms with E-state index in [2.05, 4.69) is 0 Å². The summed E-state index contributed by atoms with van der Waals surface area (Å²) in [5, 5.41) is 9.25. The van der Waals surface area contributed by atoms with Crippen molar-refractivity contribution in [3.8, 4) is 0 Å². The van der Waals surface area contributed by atoms with Crippen molar-refractivity contribution in [3.63, 3.8) is 0 Å². The number of hydrogen-bond acceptors (Lipinski definition) is 3. The van der Waals surface area contributed by atoms with E-state index in [1.807, 2.05) is 38.1 Å². The highest BCUT2D eigenvalue weighted by atomic mass is 16.5. The lowest BCUT2D eigenvalue weighted by molar-refractivity contribution is -0.145. The topological polar surface area (TPSA) is 49.8 Å². The number of amides is 1. The average Bonchev–Trinajstić information content (AvgIpc) is 2.49. The van der Waals surface area contributed by atoms with Crippen molar-refractivity contribution >= 4 is 5.91 Å². The quantitative estimate of drug-likeness (QED) is 0.904. The second-order valence-corrected chi connectivity index (χ2v) is 5.79. The van der Waals surface area contributed by atoms with Crippen LogP contribution in [0, 0.1) is 12.8 Å². The van der Waals surface area contributed by atoms with Gasteiger partial charge in [-0.05, 0) is 32.3 Å². The first kappa shape index (κ1) is 16.0. The van der Waals surface area contributed by atoms with Crippen LogP contribution in [0.15, 0.2) is 24.3 Å². The van der Waals surface area contributed by atoms with Gasteiger partial charge in [0.15, 0.2) is 0 Å². The van der Waals surface area contributed by atoms with Gasteiger partial charge in [-0.2, -0.15) is 0 Å². The zero-order valence-corrected chi connectivity index (χ0v) is 12.9. The summed E-state index contributed by atoms with van der Waals surface area (Å²) in [6.45, 7) is 5.65. The molecule has 1 aliphatic rings. The Bertz CT molecular complexity index is 458. The van der Waals surface area contributed by atoms with E-state index < -0.39 is 0 Å². The molecule has 2 rings (SSSR count). The summed E-state index contributed by atoms with van der Waals surface area (Å²) in [6.07, 6.45) is 1.76. The van der Waals surface area contributed by atoms with Gasteiger partial charge in [0.2, 0.25) is 5.91 Å². The fourth-order valence-electron chi connectivity index (χ4n) is 2.78. The highest BCUT2D eigenvalue weighted by molar-refractivity contribution is 5.79. The Labute approximate surface area is 126 Å². The van der Waals surface area contributed by atoms with Crippen molar-refractivity contribution in [2.24, 2.45) is 5.92 Å². The highest BCUT2D eigenvalue weighted by Crippen LogP contribution is 2.23. The molecule has 1 aromatic rings. The van der Waals surface area contributed by atoms with Gasteiger partial charge in [-0.3, -0.25) is 4.79 Å². The predicted octanol–water partition coefficient (Wildman–Crippen LogP) is 2.13. The number of carbonyl (C=O) groups is 1. The second-order valence-electron chi connectivity index (χ2n) is 5.79. The third kappa shape index (κ3) is 4.29. The summed E-state index contributed by atoms with van der Waals surface area (Å²) in [7, 11) is 0. The van der Waals surface area contributed by atoms with E-state index in [9.17, 15) is 9.90 Å². The first-order valence-electron chi connectivity index (χ1n) is 7.68. The first-order chi connectivity index (χ1) is 10.1.